The molecule has 0 aliphatic rings. The number of benzene rings is 1. The molecular formula is C11H4BrCl2FN2O. The van der Waals surface area contributed by atoms with E-state index < -0.39 is 11.6 Å². The van der Waals surface area contributed by atoms with Crippen LogP contribution in [0, 0.1) is 5.82 Å². The topological polar surface area (TPSA) is 42.9 Å². The van der Waals surface area contributed by atoms with Crippen molar-refractivity contribution < 1.29 is 9.18 Å². The van der Waals surface area contributed by atoms with E-state index in [9.17, 15) is 9.18 Å². The number of ketones is 1. The SMILES string of the molecule is O=C(c1ccc(Cl)nn1)c1cc(Br)c(F)cc1Cl. The lowest BCUT2D eigenvalue weighted by atomic mass is 10.1. The van der Waals surface area contributed by atoms with Gasteiger partial charge >= 0.3 is 0 Å². The molecule has 92 valence electrons. The summed E-state index contributed by atoms with van der Waals surface area (Å²) in [5.74, 6) is -0.997. The van der Waals surface area contributed by atoms with Crippen LogP contribution in [0.1, 0.15) is 16.1 Å². The molecule has 2 aromatic rings. The predicted octanol–water partition coefficient (Wildman–Crippen LogP) is 3.92. The van der Waals surface area contributed by atoms with Crippen molar-refractivity contribution in [2.75, 3.05) is 0 Å². The first-order valence-corrected chi connectivity index (χ1v) is 6.22. The van der Waals surface area contributed by atoms with Crippen LogP contribution in [0.3, 0.4) is 0 Å². The third-order valence-electron chi connectivity index (χ3n) is 2.12. The zero-order valence-electron chi connectivity index (χ0n) is 8.62. The van der Waals surface area contributed by atoms with E-state index in [1.54, 1.807) is 0 Å². The lowest BCUT2D eigenvalue weighted by Gasteiger charge is -2.04. The van der Waals surface area contributed by atoms with Crippen molar-refractivity contribution in [3.63, 3.8) is 0 Å². The maximum Gasteiger partial charge on any atom is 0.214 e. The van der Waals surface area contributed by atoms with Crippen molar-refractivity contribution in [3.05, 3.63) is 56.0 Å². The summed E-state index contributed by atoms with van der Waals surface area (Å²) >= 11 is 14.4. The summed E-state index contributed by atoms with van der Waals surface area (Å²) in [7, 11) is 0. The van der Waals surface area contributed by atoms with Crippen molar-refractivity contribution in [1.29, 1.82) is 0 Å². The van der Waals surface area contributed by atoms with Crippen molar-refractivity contribution >= 4 is 44.9 Å². The average molecular weight is 350 g/mol. The highest BCUT2D eigenvalue weighted by Gasteiger charge is 2.17. The Kier molecular flexibility index (Phi) is 3.94. The van der Waals surface area contributed by atoms with Crippen LogP contribution >= 0.6 is 39.1 Å². The molecule has 0 amide bonds. The second-order valence-electron chi connectivity index (χ2n) is 3.32. The van der Waals surface area contributed by atoms with Crippen LogP contribution in [0.5, 0.6) is 0 Å². The smallest absolute Gasteiger partial charge is 0.214 e. The van der Waals surface area contributed by atoms with Crippen molar-refractivity contribution in [2.45, 2.75) is 0 Å². The van der Waals surface area contributed by atoms with Gasteiger partial charge in [0.15, 0.2) is 5.15 Å². The maximum atomic E-state index is 13.2. The van der Waals surface area contributed by atoms with Gasteiger partial charge in [-0.25, -0.2) is 4.39 Å². The first kappa shape index (κ1) is 13.4. The second-order valence-corrected chi connectivity index (χ2v) is 4.97. The van der Waals surface area contributed by atoms with Gasteiger partial charge in [-0.3, -0.25) is 4.79 Å². The molecule has 0 aliphatic heterocycles. The van der Waals surface area contributed by atoms with Gasteiger partial charge in [-0.05, 0) is 40.2 Å². The number of nitrogens with zero attached hydrogens (tertiary/aromatic N) is 2. The molecule has 1 aromatic carbocycles. The van der Waals surface area contributed by atoms with E-state index in [-0.39, 0.29) is 25.9 Å². The number of carbonyl (C=O) groups is 1. The van der Waals surface area contributed by atoms with Gasteiger partial charge in [0.1, 0.15) is 11.5 Å². The molecule has 0 N–H and O–H groups in total. The summed E-state index contributed by atoms with van der Waals surface area (Å²) in [6.45, 7) is 0. The van der Waals surface area contributed by atoms with Crippen molar-refractivity contribution in [1.82, 2.24) is 10.2 Å². The summed E-state index contributed by atoms with van der Waals surface area (Å²) in [5, 5.41) is 7.40. The fourth-order valence-electron chi connectivity index (χ4n) is 1.27. The second kappa shape index (κ2) is 5.30. The van der Waals surface area contributed by atoms with Gasteiger partial charge in [-0.1, -0.05) is 23.2 Å². The Bertz CT molecular complexity index is 619. The molecule has 0 saturated heterocycles. The molecule has 0 unspecified atom stereocenters. The first-order chi connectivity index (χ1) is 8.49. The van der Waals surface area contributed by atoms with Gasteiger partial charge < -0.3 is 0 Å². The van der Waals surface area contributed by atoms with Crippen LogP contribution in [0.2, 0.25) is 10.2 Å². The molecule has 3 nitrogen and oxygen atoms in total. The number of hydrogen-bond acceptors (Lipinski definition) is 3. The summed E-state index contributed by atoms with van der Waals surface area (Å²) < 4.78 is 13.3. The zero-order valence-corrected chi connectivity index (χ0v) is 11.7. The number of aromatic nitrogens is 2. The number of halogens is 4. The van der Waals surface area contributed by atoms with Gasteiger partial charge in [-0.15, -0.1) is 10.2 Å². The van der Waals surface area contributed by atoms with Crippen LogP contribution in [-0.2, 0) is 0 Å². The Morgan fingerprint density at radius 3 is 2.56 bits per heavy atom. The fourth-order valence-corrected chi connectivity index (χ4v) is 1.95. The van der Waals surface area contributed by atoms with E-state index >= 15 is 0 Å². The minimum absolute atomic E-state index is 0.0115. The zero-order chi connectivity index (χ0) is 13.3. The molecule has 0 bridgehead atoms. The Morgan fingerprint density at radius 1 is 1.22 bits per heavy atom. The molecule has 0 atom stereocenters. The molecule has 1 aromatic heterocycles. The minimum Gasteiger partial charge on any atom is -0.287 e. The van der Waals surface area contributed by atoms with Gasteiger partial charge in [0.2, 0.25) is 5.78 Å². The van der Waals surface area contributed by atoms with Gasteiger partial charge in [0.25, 0.3) is 0 Å². The molecule has 18 heavy (non-hydrogen) atoms. The summed E-state index contributed by atoms with van der Waals surface area (Å²) in [4.78, 5) is 12.1. The van der Waals surface area contributed by atoms with E-state index in [0.717, 1.165) is 6.07 Å². The van der Waals surface area contributed by atoms with E-state index in [0.29, 0.717) is 0 Å². The average Bonchev–Trinajstić information content (AvgIpc) is 2.34. The van der Waals surface area contributed by atoms with Crippen LogP contribution < -0.4 is 0 Å². The van der Waals surface area contributed by atoms with E-state index in [4.69, 9.17) is 23.2 Å². The molecule has 0 radical (unpaired) electrons. The Balaban J connectivity index is 2.46. The Hall–Kier alpha value is -1.04. The molecule has 0 saturated carbocycles. The summed E-state index contributed by atoms with van der Waals surface area (Å²) in [6.07, 6.45) is 0. The van der Waals surface area contributed by atoms with Crippen LogP contribution in [0.15, 0.2) is 28.7 Å². The van der Waals surface area contributed by atoms with Gasteiger partial charge in [0.05, 0.1) is 9.50 Å². The quantitative estimate of drug-likeness (QED) is 0.609. The third kappa shape index (κ3) is 2.68. The minimum atomic E-state index is -0.543. The van der Waals surface area contributed by atoms with Crippen LogP contribution in [0.4, 0.5) is 4.39 Å². The molecule has 0 aliphatic carbocycles. The number of carbonyl (C=O) groups excluding carboxylic acids is 1. The standard InChI is InChI=1S/C11H4BrCl2FN2O/c12-6-3-5(7(13)4-8(6)15)11(18)9-1-2-10(14)17-16-9/h1-4H. The predicted molar refractivity (Wildman–Crippen MR) is 69.6 cm³/mol. The van der Waals surface area contributed by atoms with Gasteiger partial charge in [-0.2, -0.15) is 0 Å². The summed E-state index contributed by atoms with van der Waals surface area (Å²) in [6, 6.07) is 5.22. The molecular weight excluding hydrogens is 346 g/mol. The molecule has 7 heteroatoms. The fraction of sp³-hybridized carbons (Fsp3) is 0. The van der Waals surface area contributed by atoms with Gasteiger partial charge in [0, 0.05) is 5.56 Å². The van der Waals surface area contributed by atoms with E-state index in [1.807, 2.05) is 0 Å². The monoisotopic (exact) mass is 348 g/mol. The normalized spacial score (nSPS) is 10.4. The molecule has 1 heterocycles. The molecule has 0 fully saturated rings. The highest BCUT2D eigenvalue weighted by Crippen LogP contribution is 2.26. The van der Waals surface area contributed by atoms with Crippen molar-refractivity contribution in [2.24, 2.45) is 0 Å². The highest BCUT2D eigenvalue weighted by atomic mass is 79.9. The summed E-state index contributed by atoms with van der Waals surface area (Å²) in [5.41, 5.74) is 0.223. The maximum absolute atomic E-state index is 13.2. The molecule has 0 spiro atoms. The van der Waals surface area contributed by atoms with Crippen molar-refractivity contribution in [3.8, 4) is 0 Å². The Labute approximate surface area is 120 Å². The number of rotatable bonds is 2. The largest absolute Gasteiger partial charge is 0.287 e. The number of hydrogen-bond donors (Lipinski definition) is 0. The molecule has 2 rings (SSSR count). The first-order valence-electron chi connectivity index (χ1n) is 4.67. The van der Waals surface area contributed by atoms with E-state index in [2.05, 4.69) is 26.1 Å². The highest BCUT2D eigenvalue weighted by molar-refractivity contribution is 9.10. The van der Waals surface area contributed by atoms with Crippen LogP contribution in [0.25, 0.3) is 0 Å². The Morgan fingerprint density at radius 2 is 1.94 bits per heavy atom. The van der Waals surface area contributed by atoms with E-state index in [1.165, 1.54) is 18.2 Å². The lowest BCUT2D eigenvalue weighted by Crippen LogP contribution is -2.06. The third-order valence-corrected chi connectivity index (χ3v) is 3.24. The lowest BCUT2D eigenvalue weighted by molar-refractivity contribution is 0.103. The van der Waals surface area contributed by atoms with Crippen LogP contribution in [-0.4, -0.2) is 16.0 Å².